The van der Waals surface area contributed by atoms with Crippen molar-refractivity contribution in [1.82, 2.24) is 4.57 Å². The van der Waals surface area contributed by atoms with Gasteiger partial charge in [0.1, 0.15) is 11.9 Å². The number of carbonyl (C=O) groups is 1. The first-order valence-corrected chi connectivity index (χ1v) is 9.02. The smallest absolute Gasteiger partial charge is 0.252 e. The number of carbonyl (C=O) groups excluding carboxylic acids is 1. The molecule has 0 bridgehead atoms. The number of halogens is 1. The van der Waals surface area contributed by atoms with Gasteiger partial charge in [-0.15, -0.1) is 0 Å². The lowest BCUT2D eigenvalue weighted by molar-refractivity contribution is -0.119. The second-order valence-corrected chi connectivity index (χ2v) is 6.91. The number of para-hydroxylation sites is 1. The molecule has 2 aromatic carbocycles. The monoisotopic (exact) mass is 366 g/mol. The highest BCUT2D eigenvalue weighted by atomic mass is 19.1. The number of amides is 1. The minimum Gasteiger partial charge on any atom is -0.322 e. The molecule has 0 saturated carbocycles. The van der Waals surface area contributed by atoms with Crippen LogP contribution in [0.3, 0.4) is 0 Å². The lowest BCUT2D eigenvalue weighted by Gasteiger charge is -2.22. The van der Waals surface area contributed by atoms with Crippen LogP contribution in [0.1, 0.15) is 36.1 Å². The third kappa shape index (κ3) is 3.50. The molecule has 1 aromatic heterocycles. The second-order valence-electron chi connectivity index (χ2n) is 6.91. The van der Waals surface area contributed by atoms with Gasteiger partial charge in [0.25, 0.3) is 5.56 Å². The molecule has 1 heterocycles. The highest BCUT2D eigenvalue weighted by Gasteiger charge is 2.24. The van der Waals surface area contributed by atoms with Crippen LogP contribution >= 0.6 is 0 Å². The van der Waals surface area contributed by atoms with E-state index in [2.05, 4.69) is 5.32 Å². The van der Waals surface area contributed by atoms with Gasteiger partial charge in [-0.05, 0) is 56.5 Å². The van der Waals surface area contributed by atoms with E-state index in [1.807, 2.05) is 39.8 Å². The van der Waals surface area contributed by atoms with Crippen molar-refractivity contribution in [2.45, 2.75) is 40.2 Å². The minimum absolute atomic E-state index is 0.109. The summed E-state index contributed by atoms with van der Waals surface area (Å²) in [6.07, 6.45) is 0.408. The van der Waals surface area contributed by atoms with E-state index in [4.69, 9.17) is 0 Å². The van der Waals surface area contributed by atoms with E-state index in [0.717, 1.165) is 27.6 Å². The van der Waals surface area contributed by atoms with Gasteiger partial charge in [-0.1, -0.05) is 30.7 Å². The first kappa shape index (κ1) is 18.8. The lowest BCUT2D eigenvalue weighted by Crippen LogP contribution is -2.33. The molecule has 3 rings (SSSR count). The molecule has 4 nitrogen and oxygen atoms in total. The maximum Gasteiger partial charge on any atom is 0.252 e. The van der Waals surface area contributed by atoms with Gasteiger partial charge >= 0.3 is 0 Å². The normalized spacial score (nSPS) is 12.2. The molecule has 27 heavy (non-hydrogen) atoms. The van der Waals surface area contributed by atoms with Crippen LogP contribution in [0.25, 0.3) is 10.9 Å². The Morgan fingerprint density at radius 1 is 1.11 bits per heavy atom. The van der Waals surface area contributed by atoms with Crippen molar-refractivity contribution in [1.29, 1.82) is 0 Å². The van der Waals surface area contributed by atoms with Crippen LogP contribution in [0.15, 0.2) is 47.3 Å². The number of nitrogens with one attached hydrogen (secondary N) is 1. The van der Waals surface area contributed by atoms with Crippen LogP contribution in [0, 0.1) is 26.6 Å². The van der Waals surface area contributed by atoms with Gasteiger partial charge in [-0.25, -0.2) is 4.39 Å². The predicted molar refractivity (Wildman–Crippen MR) is 107 cm³/mol. The molecule has 3 aromatic rings. The lowest BCUT2D eigenvalue weighted by atomic mass is 10.0. The fraction of sp³-hybridized carbons (Fsp3) is 0.273. The zero-order valence-corrected chi connectivity index (χ0v) is 16.0. The largest absolute Gasteiger partial charge is 0.322 e. The van der Waals surface area contributed by atoms with E-state index in [1.165, 1.54) is 16.7 Å². The molecule has 0 fully saturated rings. The van der Waals surface area contributed by atoms with Crippen LogP contribution in [0.2, 0.25) is 0 Å². The third-order valence-corrected chi connectivity index (χ3v) is 4.82. The quantitative estimate of drug-likeness (QED) is 0.730. The van der Waals surface area contributed by atoms with Crippen molar-refractivity contribution >= 4 is 22.5 Å². The Balaban J connectivity index is 2.16. The molecular weight excluding hydrogens is 343 g/mol. The van der Waals surface area contributed by atoms with E-state index < -0.39 is 17.8 Å². The van der Waals surface area contributed by atoms with Crippen LogP contribution < -0.4 is 10.9 Å². The van der Waals surface area contributed by atoms with Crippen molar-refractivity contribution in [3.63, 3.8) is 0 Å². The summed E-state index contributed by atoms with van der Waals surface area (Å²) >= 11 is 0. The number of rotatable bonds is 4. The summed E-state index contributed by atoms with van der Waals surface area (Å²) < 4.78 is 15.5. The summed E-state index contributed by atoms with van der Waals surface area (Å²) in [5.41, 5.74) is 3.53. The third-order valence-electron chi connectivity index (χ3n) is 4.82. The summed E-state index contributed by atoms with van der Waals surface area (Å²) in [4.78, 5) is 25.7. The number of anilines is 1. The fourth-order valence-corrected chi connectivity index (χ4v) is 3.60. The Bertz CT molecular complexity index is 1090. The number of aromatic nitrogens is 1. The molecule has 5 heteroatoms. The molecule has 0 aliphatic rings. The number of hydrogen-bond donors (Lipinski definition) is 1. The number of benzene rings is 2. The maximum absolute atomic E-state index is 13.9. The highest BCUT2D eigenvalue weighted by molar-refractivity contribution is 5.95. The first-order valence-electron chi connectivity index (χ1n) is 9.02. The molecule has 1 amide bonds. The molecule has 0 saturated heterocycles. The van der Waals surface area contributed by atoms with Gasteiger partial charge in [0.2, 0.25) is 5.91 Å². The molecule has 0 aliphatic heterocycles. The molecular formula is C22H23FN2O2. The fourth-order valence-electron chi connectivity index (χ4n) is 3.60. The van der Waals surface area contributed by atoms with Crippen molar-refractivity contribution in [2.75, 3.05) is 5.32 Å². The van der Waals surface area contributed by atoms with Gasteiger partial charge in [0.15, 0.2) is 0 Å². The summed E-state index contributed by atoms with van der Waals surface area (Å²) in [7, 11) is 0. The summed E-state index contributed by atoms with van der Waals surface area (Å²) in [6.45, 7) is 7.68. The Morgan fingerprint density at radius 3 is 2.48 bits per heavy atom. The van der Waals surface area contributed by atoms with Crippen LogP contribution in [0.4, 0.5) is 10.1 Å². The zero-order valence-electron chi connectivity index (χ0n) is 16.0. The first-order chi connectivity index (χ1) is 12.8. The molecule has 0 aliphatic carbocycles. The Labute approximate surface area is 157 Å². The number of nitrogens with zero attached hydrogens (tertiary/aromatic N) is 1. The van der Waals surface area contributed by atoms with Gasteiger partial charge in [-0.2, -0.15) is 0 Å². The number of pyridine rings is 1. The Hall–Kier alpha value is -2.95. The summed E-state index contributed by atoms with van der Waals surface area (Å²) in [6, 6.07) is 10.9. The maximum atomic E-state index is 13.9. The predicted octanol–water partition coefficient (Wildman–Crippen LogP) is 4.66. The molecule has 1 N–H and O–H groups in total. The topological polar surface area (TPSA) is 51.1 Å². The molecule has 1 atom stereocenters. The van der Waals surface area contributed by atoms with Crippen molar-refractivity contribution in [3.05, 3.63) is 75.3 Å². The van der Waals surface area contributed by atoms with E-state index in [0.29, 0.717) is 6.42 Å². The molecule has 1 unspecified atom stereocenters. The molecule has 0 spiro atoms. The van der Waals surface area contributed by atoms with Crippen molar-refractivity contribution in [2.24, 2.45) is 0 Å². The average Bonchev–Trinajstić information content (AvgIpc) is 2.60. The van der Waals surface area contributed by atoms with Gasteiger partial charge in [0.05, 0.1) is 11.2 Å². The van der Waals surface area contributed by atoms with E-state index in [1.54, 1.807) is 18.2 Å². The number of aryl methyl sites for hydroxylation is 3. The van der Waals surface area contributed by atoms with Crippen LogP contribution in [0.5, 0.6) is 0 Å². The molecule has 0 radical (unpaired) electrons. The van der Waals surface area contributed by atoms with Gasteiger partial charge in [0, 0.05) is 11.5 Å². The van der Waals surface area contributed by atoms with Crippen LogP contribution in [-0.4, -0.2) is 10.5 Å². The Kier molecular flexibility index (Phi) is 5.13. The summed E-state index contributed by atoms with van der Waals surface area (Å²) in [5, 5.41) is 3.57. The SMILES string of the molecule is CCC(C(=O)Nc1ccccc1F)n1c(=O)cc(C)c2cc(C)cc(C)c21. The minimum atomic E-state index is -0.735. The zero-order chi connectivity index (χ0) is 19.7. The average molecular weight is 366 g/mol. The summed E-state index contributed by atoms with van der Waals surface area (Å²) in [5.74, 6) is -0.913. The second kappa shape index (κ2) is 7.35. The number of fused-ring (bicyclic) bond motifs is 1. The Morgan fingerprint density at radius 2 is 1.81 bits per heavy atom. The standard InChI is InChI=1S/C22H23FN2O2/c1-5-19(22(27)24-18-9-7-6-8-17(18)23)25-20(26)12-14(3)16-11-13(2)10-15(4)21(16)25/h6-12,19H,5H2,1-4H3,(H,24,27). The number of hydrogen-bond acceptors (Lipinski definition) is 2. The highest BCUT2D eigenvalue weighted by Crippen LogP contribution is 2.26. The van der Waals surface area contributed by atoms with E-state index in [-0.39, 0.29) is 11.2 Å². The van der Waals surface area contributed by atoms with Gasteiger partial charge < -0.3 is 5.32 Å². The van der Waals surface area contributed by atoms with E-state index >= 15 is 0 Å². The van der Waals surface area contributed by atoms with Gasteiger partial charge in [-0.3, -0.25) is 14.2 Å². The van der Waals surface area contributed by atoms with E-state index in [9.17, 15) is 14.0 Å². The van der Waals surface area contributed by atoms with Crippen LogP contribution in [-0.2, 0) is 4.79 Å². The van der Waals surface area contributed by atoms with Crippen molar-refractivity contribution in [3.8, 4) is 0 Å². The van der Waals surface area contributed by atoms with Crippen molar-refractivity contribution < 1.29 is 9.18 Å². The molecule has 140 valence electrons.